The zero-order chi connectivity index (χ0) is 13.3. The molecule has 0 fully saturated rings. The molecule has 1 atom stereocenters. The van der Waals surface area contributed by atoms with Gasteiger partial charge in [-0.05, 0) is 32.9 Å². The van der Waals surface area contributed by atoms with Crippen LogP contribution in [0.1, 0.15) is 28.5 Å². The molecule has 0 aliphatic rings. The Balaban J connectivity index is 2.21. The molecule has 0 saturated heterocycles. The predicted octanol–water partition coefficient (Wildman–Crippen LogP) is 4.21. The van der Waals surface area contributed by atoms with E-state index in [-0.39, 0.29) is 11.7 Å². The number of thiazole rings is 1. The SMILES string of the molecule is Cc1nc(C(C)Nc2ccc(F)cc2F)c(C)s1. The fraction of sp³-hybridized carbons (Fsp3) is 0.308. The fourth-order valence-corrected chi connectivity index (χ4v) is 2.77. The molecule has 0 aliphatic heterocycles. The lowest BCUT2D eigenvalue weighted by molar-refractivity contribution is 0.583. The van der Waals surface area contributed by atoms with E-state index in [0.717, 1.165) is 21.6 Å². The number of aryl methyl sites for hydroxylation is 2. The molecule has 2 aromatic rings. The molecule has 0 amide bonds. The summed E-state index contributed by atoms with van der Waals surface area (Å²) in [6.07, 6.45) is 0. The van der Waals surface area contributed by atoms with Crippen molar-refractivity contribution in [2.24, 2.45) is 0 Å². The molecule has 0 radical (unpaired) electrons. The lowest BCUT2D eigenvalue weighted by Crippen LogP contribution is -2.09. The molecule has 0 bridgehead atoms. The summed E-state index contributed by atoms with van der Waals surface area (Å²) >= 11 is 1.61. The van der Waals surface area contributed by atoms with Crippen molar-refractivity contribution >= 4 is 17.0 Å². The van der Waals surface area contributed by atoms with Crippen LogP contribution >= 0.6 is 11.3 Å². The van der Waals surface area contributed by atoms with Crippen molar-refractivity contribution in [2.75, 3.05) is 5.32 Å². The number of aromatic nitrogens is 1. The van der Waals surface area contributed by atoms with E-state index in [0.29, 0.717) is 0 Å². The Hall–Kier alpha value is -1.49. The standard InChI is InChI=1S/C13H14F2N2S/c1-7(13-8(2)18-9(3)17-13)16-12-5-4-10(14)6-11(12)15/h4-7,16H,1-3H3. The van der Waals surface area contributed by atoms with Gasteiger partial charge in [-0.25, -0.2) is 13.8 Å². The first-order valence-corrected chi connectivity index (χ1v) is 6.44. The third-order valence-electron chi connectivity index (χ3n) is 2.65. The molecule has 1 aromatic heterocycles. The van der Waals surface area contributed by atoms with E-state index in [2.05, 4.69) is 10.3 Å². The Bertz CT molecular complexity index is 566. The van der Waals surface area contributed by atoms with Crippen molar-refractivity contribution in [2.45, 2.75) is 26.8 Å². The minimum absolute atomic E-state index is 0.116. The third kappa shape index (κ3) is 2.67. The van der Waals surface area contributed by atoms with Crippen molar-refractivity contribution in [1.82, 2.24) is 4.98 Å². The summed E-state index contributed by atoms with van der Waals surface area (Å²) in [7, 11) is 0. The topological polar surface area (TPSA) is 24.9 Å². The molecule has 96 valence electrons. The number of hydrogen-bond donors (Lipinski definition) is 1. The highest BCUT2D eigenvalue weighted by Gasteiger charge is 2.14. The second kappa shape index (κ2) is 5.02. The summed E-state index contributed by atoms with van der Waals surface area (Å²) in [6.45, 7) is 5.83. The molecule has 5 heteroatoms. The Morgan fingerprint density at radius 1 is 1.28 bits per heavy atom. The highest BCUT2D eigenvalue weighted by molar-refractivity contribution is 7.11. The van der Waals surface area contributed by atoms with Crippen LogP contribution in [0.2, 0.25) is 0 Å². The number of anilines is 1. The summed E-state index contributed by atoms with van der Waals surface area (Å²) < 4.78 is 26.3. The summed E-state index contributed by atoms with van der Waals surface area (Å²) in [5, 5.41) is 3.99. The maximum Gasteiger partial charge on any atom is 0.149 e. The molecule has 18 heavy (non-hydrogen) atoms. The van der Waals surface area contributed by atoms with Crippen LogP contribution in [0.15, 0.2) is 18.2 Å². The van der Waals surface area contributed by atoms with Crippen molar-refractivity contribution < 1.29 is 8.78 Å². The fourth-order valence-electron chi connectivity index (χ4n) is 1.85. The molecule has 0 spiro atoms. The number of halogens is 2. The highest BCUT2D eigenvalue weighted by Crippen LogP contribution is 2.26. The monoisotopic (exact) mass is 268 g/mol. The van der Waals surface area contributed by atoms with E-state index in [1.165, 1.54) is 12.1 Å². The molecule has 2 rings (SSSR count). The maximum absolute atomic E-state index is 13.5. The van der Waals surface area contributed by atoms with E-state index in [1.54, 1.807) is 11.3 Å². The molecule has 0 aliphatic carbocycles. The van der Waals surface area contributed by atoms with Crippen LogP contribution in [-0.2, 0) is 0 Å². The van der Waals surface area contributed by atoms with E-state index >= 15 is 0 Å². The van der Waals surface area contributed by atoms with Gasteiger partial charge in [0.1, 0.15) is 11.6 Å². The first-order valence-electron chi connectivity index (χ1n) is 5.63. The first kappa shape index (κ1) is 13.0. The average Bonchev–Trinajstić information content (AvgIpc) is 2.62. The first-order chi connectivity index (χ1) is 8.47. The molecule has 2 nitrogen and oxygen atoms in total. The van der Waals surface area contributed by atoms with Gasteiger partial charge < -0.3 is 5.32 Å². The number of nitrogens with zero attached hydrogens (tertiary/aromatic N) is 1. The normalized spacial score (nSPS) is 12.5. The van der Waals surface area contributed by atoms with E-state index in [1.807, 2.05) is 20.8 Å². The molecule has 1 aromatic carbocycles. The van der Waals surface area contributed by atoms with E-state index in [9.17, 15) is 8.78 Å². The van der Waals surface area contributed by atoms with Crippen molar-refractivity contribution in [3.63, 3.8) is 0 Å². The van der Waals surface area contributed by atoms with Gasteiger partial charge in [0.05, 0.1) is 22.4 Å². The Morgan fingerprint density at radius 2 is 2.00 bits per heavy atom. The Morgan fingerprint density at radius 3 is 2.56 bits per heavy atom. The molecule has 1 heterocycles. The second-order valence-corrected chi connectivity index (χ2v) is 5.57. The number of hydrogen-bond acceptors (Lipinski definition) is 3. The van der Waals surface area contributed by atoms with E-state index in [4.69, 9.17) is 0 Å². The smallest absolute Gasteiger partial charge is 0.149 e. The number of benzene rings is 1. The zero-order valence-electron chi connectivity index (χ0n) is 10.4. The van der Waals surface area contributed by atoms with Gasteiger partial charge in [0.15, 0.2) is 0 Å². The summed E-state index contributed by atoms with van der Waals surface area (Å²) in [6, 6.07) is 3.39. The molecule has 0 saturated carbocycles. The van der Waals surface area contributed by atoms with Crippen LogP contribution in [0.25, 0.3) is 0 Å². The summed E-state index contributed by atoms with van der Waals surface area (Å²) in [5.74, 6) is -1.17. The molecule has 1 N–H and O–H groups in total. The maximum atomic E-state index is 13.5. The van der Waals surface area contributed by atoms with Gasteiger partial charge in [-0.1, -0.05) is 0 Å². The van der Waals surface area contributed by atoms with Crippen LogP contribution in [0.4, 0.5) is 14.5 Å². The van der Waals surface area contributed by atoms with Gasteiger partial charge in [0.25, 0.3) is 0 Å². The molecular formula is C13H14F2N2S. The largest absolute Gasteiger partial charge is 0.375 e. The van der Waals surface area contributed by atoms with Gasteiger partial charge in [-0.3, -0.25) is 0 Å². The quantitative estimate of drug-likeness (QED) is 0.902. The van der Waals surface area contributed by atoms with Gasteiger partial charge in [0.2, 0.25) is 0 Å². The van der Waals surface area contributed by atoms with Crippen molar-refractivity contribution in [3.05, 3.63) is 45.4 Å². The predicted molar refractivity (Wildman–Crippen MR) is 70.0 cm³/mol. The third-order valence-corrected chi connectivity index (χ3v) is 3.55. The van der Waals surface area contributed by atoms with Crippen LogP contribution < -0.4 is 5.32 Å². The van der Waals surface area contributed by atoms with Gasteiger partial charge >= 0.3 is 0 Å². The zero-order valence-corrected chi connectivity index (χ0v) is 11.2. The van der Waals surface area contributed by atoms with Crippen LogP contribution in [0.5, 0.6) is 0 Å². The Kier molecular flexibility index (Phi) is 3.61. The Labute approximate surface area is 109 Å². The van der Waals surface area contributed by atoms with Crippen LogP contribution in [-0.4, -0.2) is 4.98 Å². The summed E-state index contributed by atoms with van der Waals surface area (Å²) in [5.41, 5.74) is 1.19. The van der Waals surface area contributed by atoms with E-state index < -0.39 is 11.6 Å². The summed E-state index contributed by atoms with van der Waals surface area (Å²) in [4.78, 5) is 5.52. The average molecular weight is 268 g/mol. The second-order valence-electron chi connectivity index (χ2n) is 4.16. The number of nitrogens with one attached hydrogen (secondary N) is 1. The van der Waals surface area contributed by atoms with Crippen LogP contribution in [0.3, 0.4) is 0 Å². The molecule has 1 unspecified atom stereocenters. The van der Waals surface area contributed by atoms with Crippen LogP contribution in [0, 0.1) is 25.5 Å². The van der Waals surface area contributed by atoms with Crippen molar-refractivity contribution in [3.8, 4) is 0 Å². The van der Waals surface area contributed by atoms with Gasteiger partial charge in [-0.2, -0.15) is 0 Å². The number of rotatable bonds is 3. The lowest BCUT2D eigenvalue weighted by Gasteiger charge is -2.14. The molecular weight excluding hydrogens is 254 g/mol. The lowest BCUT2D eigenvalue weighted by atomic mass is 10.2. The van der Waals surface area contributed by atoms with Gasteiger partial charge in [-0.15, -0.1) is 11.3 Å². The minimum atomic E-state index is -0.591. The minimum Gasteiger partial charge on any atom is -0.375 e. The highest BCUT2D eigenvalue weighted by atomic mass is 32.1. The van der Waals surface area contributed by atoms with Crippen molar-refractivity contribution in [1.29, 1.82) is 0 Å². The van der Waals surface area contributed by atoms with Gasteiger partial charge in [0, 0.05) is 10.9 Å².